The Morgan fingerprint density at radius 1 is 1.42 bits per heavy atom. The maximum absolute atomic E-state index is 13.9. The number of hydrogen-bond acceptors (Lipinski definition) is 3. The average molecular weight is 325 g/mol. The molecule has 1 aromatic carbocycles. The molecule has 0 aliphatic heterocycles. The summed E-state index contributed by atoms with van der Waals surface area (Å²) in [4.78, 5) is 14.7. The highest BCUT2D eigenvalue weighted by Crippen LogP contribution is 2.25. The van der Waals surface area contributed by atoms with Crippen molar-refractivity contribution in [2.75, 3.05) is 5.32 Å². The van der Waals surface area contributed by atoms with Crippen LogP contribution in [0.15, 0.2) is 34.9 Å². The second-order valence-corrected chi connectivity index (χ2v) is 4.83. The molecule has 2 aromatic rings. The van der Waals surface area contributed by atoms with Crippen LogP contribution in [0.1, 0.15) is 15.9 Å². The Labute approximate surface area is 117 Å². The van der Waals surface area contributed by atoms with Crippen LogP contribution < -0.4 is 5.32 Å². The summed E-state index contributed by atoms with van der Waals surface area (Å²) in [6.07, 6.45) is 1.25. The van der Waals surface area contributed by atoms with Crippen molar-refractivity contribution >= 4 is 33.4 Å². The quantitative estimate of drug-likeness (QED) is 0.902. The van der Waals surface area contributed by atoms with E-state index in [0.717, 1.165) is 16.1 Å². The Morgan fingerprint density at radius 3 is 2.84 bits per heavy atom. The topological polar surface area (TPSA) is 62.2 Å². The minimum absolute atomic E-state index is 0.110. The molecule has 2 rings (SSSR count). The molecule has 0 saturated heterocycles. The molecule has 6 heteroatoms. The summed E-state index contributed by atoms with van der Waals surface area (Å²) < 4.78 is 14.8. The van der Waals surface area contributed by atoms with Gasteiger partial charge in [0.1, 0.15) is 5.56 Å². The summed E-state index contributed by atoms with van der Waals surface area (Å²) in [5.41, 5.74) is 1.14. The number of benzene rings is 1. The third-order valence-corrected chi connectivity index (χ3v) is 3.07. The van der Waals surface area contributed by atoms with E-state index in [9.17, 15) is 9.18 Å². The first-order valence-corrected chi connectivity index (χ1v) is 6.19. The summed E-state index contributed by atoms with van der Waals surface area (Å²) >= 11 is 3.32. The molecule has 98 valence electrons. The number of hydrogen-bond donors (Lipinski definition) is 2. The zero-order chi connectivity index (χ0) is 14.0. The van der Waals surface area contributed by atoms with Crippen molar-refractivity contribution in [2.45, 2.75) is 6.92 Å². The minimum atomic E-state index is -1.33. The largest absolute Gasteiger partial charge is 0.478 e. The van der Waals surface area contributed by atoms with E-state index in [1.807, 2.05) is 19.1 Å². The number of carboxylic acid groups (broad SMARTS) is 1. The molecule has 4 nitrogen and oxygen atoms in total. The fraction of sp³-hybridized carbons (Fsp3) is 0.0769. The van der Waals surface area contributed by atoms with Crippen LogP contribution in [-0.4, -0.2) is 16.1 Å². The lowest BCUT2D eigenvalue weighted by molar-refractivity contribution is 0.0692. The molecular weight excluding hydrogens is 315 g/mol. The normalized spacial score (nSPS) is 10.3. The molecule has 1 heterocycles. The molecule has 0 fully saturated rings. The van der Waals surface area contributed by atoms with Gasteiger partial charge in [0, 0.05) is 16.4 Å². The molecule has 0 bridgehead atoms. The number of carbonyl (C=O) groups is 1. The second-order valence-electron chi connectivity index (χ2n) is 3.91. The van der Waals surface area contributed by atoms with E-state index in [2.05, 4.69) is 26.2 Å². The van der Waals surface area contributed by atoms with Gasteiger partial charge >= 0.3 is 5.97 Å². The summed E-state index contributed by atoms with van der Waals surface area (Å²) in [6.45, 7) is 1.85. The van der Waals surface area contributed by atoms with Crippen LogP contribution in [0.3, 0.4) is 0 Å². The van der Waals surface area contributed by atoms with Crippen LogP contribution in [0.2, 0.25) is 0 Å². The Balaban J connectivity index is 2.41. The Bertz CT molecular complexity index is 647. The lowest BCUT2D eigenvalue weighted by atomic mass is 10.2. The van der Waals surface area contributed by atoms with Gasteiger partial charge in [-0.25, -0.2) is 14.2 Å². The molecule has 0 amide bonds. The van der Waals surface area contributed by atoms with Crippen molar-refractivity contribution in [2.24, 2.45) is 0 Å². The first-order chi connectivity index (χ1) is 8.99. The second kappa shape index (κ2) is 5.36. The third kappa shape index (κ3) is 2.90. The number of nitrogens with one attached hydrogen (secondary N) is 1. The monoisotopic (exact) mass is 324 g/mol. The first-order valence-electron chi connectivity index (χ1n) is 5.40. The smallest absolute Gasteiger partial charge is 0.338 e. The molecule has 0 radical (unpaired) electrons. The minimum Gasteiger partial charge on any atom is -0.478 e. The van der Waals surface area contributed by atoms with Gasteiger partial charge in [0.15, 0.2) is 11.6 Å². The highest BCUT2D eigenvalue weighted by atomic mass is 79.9. The van der Waals surface area contributed by atoms with Crippen LogP contribution >= 0.6 is 15.9 Å². The molecule has 0 aliphatic rings. The van der Waals surface area contributed by atoms with Crippen LogP contribution in [-0.2, 0) is 0 Å². The van der Waals surface area contributed by atoms with Gasteiger partial charge in [-0.05, 0) is 30.7 Å². The summed E-state index contributed by atoms with van der Waals surface area (Å²) in [7, 11) is 0. The van der Waals surface area contributed by atoms with Crippen LogP contribution in [0.4, 0.5) is 15.9 Å². The van der Waals surface area contributed by atoms with Crippen molar-refractivity contribution in [1.29, 1.82) is 0 Å². The Kier molecular flexibility index (Phi) is 3.80. The fourth-order valence-corrected chi connectivity index (χ4v) is 1.91. The zero-order valence-corrected chi connectivity index (χ0v) is 11.5. The van der Waals surface area contributed by atoms with Crippen molar-refractivity contribution < 1.29 is 14.3 Å². The number of aromatic carboxylic acids is 1. The van der Waals surface area contributed by atoms with E-state index in [0.29, 0.717) is 5.69 Å². The van der Waals surface area contributed by atoms with Gasteiger partial charge in [-0.3, -0.25) is 0 Å². The maximum atomic E-state index is 13.9. The molecule has 0 saturated carbocycles. The molecule has 0 atom stereocenters. The molecule has 0 spiro atoms. The van der Waals surface area contributed by atoms with E-state index in [1.165, 1.54) is 6.20 Å². The molecule has 2 N–H and O–H groups in total. The number of aryl methyl sites for hydroxylation is 1. The molecule has 1 aromatic heterocycles. The van der Waals surface area contributed by atoms with Gasteiger partial charge in [-0.15, -0.1) is 0 Å². The number of carboxylic acids is 1. The number of pyridine rings is 1. The first kappa shape index (κ1) is 13.5. The molecule has 19 heavy (non-hydrogen) atoms. The fourth-order valence-electron chi connectivity index (χ4n) is 1.55. The van der Waals surface area contributed by atoms with Crippen LogP contribution in [0.25, 0.3) is 0 Å². The summed E-state index contributed by atoms with van der Waals surface area (Å²) in [6, 6.07) is 6.60. The van der Waals surface area contributed by atoms with E-state index in [4.69, 9.17) is 5.11 Å². The van der Waals surface area contributed by atoms with Gasteiger partial charge < -0.3 is 10.4 Å². The Hall–Kier alpha value is -1.95. The maximum Gasteiger partial charge on any atom is 0.338 e. The lowest BCUT2D eigenvalue weighted by Gasteiger charge is -2.10. The third-order valence-electron chi connectivity index (χ3n) is 2.57. The van der Waals surface area contributed by atoms with Crippen molar-refractivity contribution in [1.82, 2.24) is 4.98 Å². The summed E-state index contributed by atoms with van der Waals surface area (Å²) in [5, 5.41) is 11.6. The highest BCUT2D eigenvalue weighted by Gasteiger charge is 2.15. The number of rotatable bonds is 3. The Morgan fingerprint density at radius 2 is 2.16 bits per heavy atom. The molecular formula is C13H10BrFN2O2. The molecule has 0 unspecified atom stereocenters. The standard InChI is InChI=1S/C13H10BrFN2O2/c1-7-2-3-8(14)6-10(7)17-12-11(15)9(13(18)19)4-5-16-12/h2-6H,1H3,(H,16,17)(H,18,19). The predicted octanol–water partition coefficient (Wildman–Crippen LogP) is 3.73. The molecule has 0 aliphatic carbocycles. The number of aromatic nitrogens is 1. The predicted molar refractivity (Wildman–Crippen MR) is 73.3 cm³/mol. The van der Waals surface area contributed by atoms with Gasteiger partial charge in [0.05, 0.1) is 0 Å². The van der Waals surface area contributed by atoms with Gasteiger partial charge in [0.2, 0.25) is 0 Å². The van der Waals surface area contributed by atoms with Gasteiger partial charge in [-0.1, -0.05) is 22.0 Å². The van der Waals surface area contributed by atoms with Gasteiger partial charge in [0.25, 0.3) is 0 Å². The van der Waals surface area contributed by atoms with E-state index in [1.54, 1.807) is 6.07 Å². The average Bonchev–Trinajstić information content (AvgIpc) is 2.36. The van der Waals surface area contributed by atoms with E-state index in [-0.39, 0.29) is 5.82 Å². The van der Waals surface area contributed by atoms with Crippen molar-refractivity contribution in [3.05, 3.63) is 51.9 Å². The zero-order valence-electron chi connectivity index (χ0n) is 9.95. The lowest BCUT2D eigenvalue weighted by Crippen LogP contribution is -2.06. The van der Waals surface area contributed by atoms with Crippen molar-refractivity contribution in [3.63, 3.8) is 0 Å². The van der Waals surface area contributed by atoms with E-state index >= 15 is 0 Å². The number of halogens is 2. The van der Waals surface area contributed by atoms with Crippen LogP contribution in [0.5, 0.6) is 0 Å². The van der Waals surface area contributed by atoms with Gasteiger partial charge in [-0.2, -0.15) is 0 Å². The highest BCUT2D eigenvalue weighted by molar-refractivity contribution is 9.10. The number of anilines is 2. The van der Waals surface area contributed by atoms with E-state index < -0.39 is 17.3 Å². The van der Waals surface area contributed by atoms with Crippen LogP contribution in [0, 0.1) is 12.7 Å². The summed E-state index contributed by atoms with van der Waals surface area (Å²) in [5.74, 6) is -2.32. The van der Waals surface area contributed by atoms with Crippen molar-refractivity contribution in [3.8, 4) is 0 Å². The number of nitrogens with zero attached hydrogens (tertiary/aromatic N) is 1. The SMILES string of the molecule is Cc1ccc(Br)cc1Nc1nccc(C(=O)O)c1F.